The summed E-state index contributed by atoms with van der Waals surface area (Å²) >= 11 is 0. The van der Waals surface area contributed by atoms with Gasteiger partial charge in [-0.2, -0.15) is 0 Å². The molecule has 2 unspecified atom stereocenters. The first-order valence-electron chi connectivity index (χ1n) is 10.4. The maximum Gasteiger partial charge on any atom is 0.342 e. The number of fused-ring (bicyclic) bond motifs is 1. The molecule has 0 amide bonds. The molecule has 3 heterocycles. The Morgan fingerprint density at radius 2 is 2.29 bits per heavy atom. The van der Waals surface area contributed by atoms with Gasteiger partial charge in [0, 0.05) is 36.1 Å². The van der Waals surface area contributed by atoms with Crippen LogP contribution < -0.4 is 5.32 Å². The van der Waals surface area contributed by atoms with Crippen LogP contribution in [-0.2, 0) is 21.3 Å². The zero-order chi connectivity index (χ0) is 22.1. The normalized spacial score (nSPS) is 22.4. The Bertz CT molecular complexity index is 1150. The van der Waals surface area contributed by atoms with E-state index >= 15 is 0 Å². The highest BCUT2D eigenvalue weighted by Crippen LogP contribution is 2.33. The topological polar surface area (TPSA) is 85.6 Å². The monoisotopic (exact) mass is 421 g/mol. The van der Waals surface area contributed by atoms with E-state index in [1.165, 1.54) is 0 Å². The van der Waals surface area contributed by atoms with Crippen molar-refractivity contribution in [3.05, 3.63) is 70.7 Å². The Morgan fingerprint density at radius 1 is 1.48 bits per heavy atom. The quantitative estimate of drug-likeness (QED) is 0.719. The molecule has 0 radical (unpaired) electrons. The second-order valence-electron chi connectivity index (χ2n) is 7.94. The number of aromatic nitrogens is 2. The number of pyridine rings is 1. The van der Waals surface area contributed by atoms with Gasteiger partial charge in [-0.15, -0.1) is 0 Å². The number of aryl methyl sites for hydroxylation is 1. The van der Waals surface area contributed by atoms with Gasteiger partial charge in [0.2, 0.25) is 5.88 Å². The van der Waals surface area contributed by atoms with Crippen LogP contribution in [-0.4, -0.2) is 33.3 Å². The summed E-state index contributed by atoms with van der Waals surface area (Å²) in [4.78, 5) is 17.0. The summed E-state index contributed by atoms with van der Waals surface area (Å²) in [5.74, 6) is 0.305. The van der Waals surface area contributed by atoms with Crippen LogP contribution in [0.5, 0.6) is 0 Å². The number of nitrogens with zero attached hydrogens (tertiary/aromatic N) is 2. The molecular formula is C24H27N3O4. The van der Waals surface area contributed by atoms with Gasteiger partial charge in [-0.25, -0.2) is 9.78 Å². The van der Waals surface area contributed by atoms with E-state index in [9.17, 15) is 9.90 Å². The van der Waals surface area contributed by atoms with Crippen molar-refractivity contribution in [2.75, 3.05) is 6.61 Å². The fraction of sp³-hybridized carbons (Fsp3) is 0.333. The van der Waals surface area contributed by atoms with E-state index in [2.05, 4.69) is 23.3 Å². The summed E-state index contributed by atoms with van der Waals surface area (Å²) in [6, 6.07) is 3.81. The van der Waals surface area contributed by atoms with Crippen molar-refractivity contribution >= 4 is 23.1 Å². The smallest absolute Gasteiger partial charge is 0.342 e. The molecule has 0 saturated heterocycles. The molecule has 4 rings (SSSR count). The Labute approximate surface area is 181 Å². The van der Waals surface area contributed by atoms with Crippen molar-refractivity contribution in [1.29, 1.82) is 0 Å². The predicted octanol–water partition coefficient (Wildman–Crippen LogP) is 3.54. The summed E-state index contributed by atoms with van der Waals surface area (Å²) in [5.41, 5.74) is 3.74. The van der Waals surface area contributed by atoms with Crippen LogP contribution in [0.4, 0.5) is 0 Å². The molecule has 2 aromatic rings. The maximum absolute atomic E-state index is 12.6. The van der Waals surface area contributed by atoms with Gasteiger partial charge >= 0.3 is 5.97 Å². The van der Waals surface area contributed by atoms with Gasteiger partial charge in [0.1, 0.15) is 23.1 Å². The first kappa shape index (κ1) is 20.9. The minimum atomic E-state index is -1.24. The molecular weight excluding hydrogens is 394 g/mol. The third kappa shape index (κ3) is 4.01. The largest absolute Gasteiger partial charge is 0.462 e. The second kappa shape index (κ2) is 8.43. The molecule has 0 spiro atoms. The fourth-order valence-corrected chi connectivity index (χ4v) is 3.95. The molecule has 2 N–H and O–H groups in total. The molecule has 0 saturated carbocycles. The van der Waals surface area contributed by atoms with Crippen molar-refractivity contribution < 1.29 is 19.4 Å². The number of hydrogen-bond donors (Lipinski definition) is 2. The molecule has 0 bridgehead atoms. The Morgan fingerprint density at radius 3 is 3.03 bits per heavy atom. The lowest BCUT2D eigenvalue weighted by Gasteiger charge is -2.19. The molecule has 0 fully saturated rings. The third-order valence-electron chi connectivity index (χ3n) is 5.49. The standard InChI is InChI=1S/C24H27N3O4/c1-5-30-24(29)20-21(28)19(12-16-13-27(4)22-17(16)7-6-10-25-22)31-23(20)26-18-9-8-14(2)11-15(18)3/h6-10,12-14,21,26,28H,5,11H2,1-4H3/b19-12-. The van der Waals surface area contributed by atoms with Crippen molar-refractivity contribution in [3.63, 3.8) is 0 Å². The summed E-state index contributed by atoms with van der Waals surface area (Å²) in [5, 5.41) is 15.1. The minimum Gasteiger partial charge on any atom is -0.462 e. The number of carbonyl (C=O) groups excluding carboxylic acids is 1. The summed E-state index contributed by atoms with van der Waals surface area (Å²) < 4.78 is 13.1. The average Bonchev–Trinajstić information content (AvgIpc) is 3.21. The Balaban J connectivity index is 1.70. The molecule has 7 nitrogen and oxygen atoms in total. The molecule has 1 aliphatic carbocycles. The van der Waals surface area contributed by atoms with Crippen molar-refractivity contribution in [1.82, 2.24) is 14.9 Å². The van der Waals surface area contributed by atoms with Crippen LogP contribution in [0.25, 0.3) is 17.1 Å². The van der Waals surface area contributed by atoms with Crippen molar-refractivity contribution in [2.24, 2.45) is 13.0 Å². The molecule has 162 valence electrons. The number of ether oxygens (including phenoxy) is 2. The van der Waals surface area contributed by atoms with Crippen LogP contribution in [0.1, 0.15) is 32.8 Å². The van der Waals surface area contributed by atoms with Gasteiger partial charge in [-0.3, -0.25) is 0 Å². The summed E-state index contributed by atoms with van der Waals surface area (Å²) in [7, 11) is 1.91. The molecule has 7 heteroatoms. The molecule has 0 aromatic carbocycles. The number of esters is 1. The zero-order valence-electron chi connectivity index (χ0n) is 18.2. The lowest BCUT2D eigenvalue weighted by Crippen LogP contribution is -2.22. The first-order chi connectivity index (χ1) is 14.9. The number of carbonyl (C=O) groups is 1. The van der Waals surface area contributed by atoms with Gasteiger partial charge in [0.15, 0.2) is 0 Å². The SMILES string of the molecule is CCOC(=O)C1=C(NC2=C(C)CC(C)C=C2)O/C(=C\c2cn(C)c3ncccc23)C1O. The van der Waals surface area contributed by atoms with E-state index in [0.717, 1.165) is 34.3 Å². The molecule has 2 atom stereocenters. The lowest BCUT2D eigenvalue weighted by molar-refractivity contribution is -0.139. The van der Waals surface area contributed by atoms with Crippen molar-refractivity contribution in [3.8, 4) is 0 Å². The second-order valence-corrected chi connectivity index (χ2v) is 7.94. The number of nitrogens with one attached hydrogen (secondary N) is 1. The summed E-state index contributed by atoms with van der Waals surface area (Å²) in [6.07, 6.45) is 9.14. The van der Waals surface area contributed by atoms with Crippen LogP contribution in [0.3, 0.4) is 0 Å². The van der Waals surface area contributed by atoms with E-state index in [4.69, 9.17) is 9.47 Å². The minimum absolute atomic E-state index is 0.0683. The lowest BCUT2D eigenvalue weighted by atomic mass is 9.95. The number of rotatable bonds is 5. The zero-order valence-corrected chi connectivity index (χ0v) is 18.2. The van der Waals surface area contributed by atoms with E-state index in [1.54, 1.807) is 19.2 Å². The van der Waals surface area contributed by atoms with E-state index in [-0.39, 0.29) is 23.8 Å². The highest BCUT2D eigenvalue weighted by atomic mass is 16.5. The number of aliphatic hydroxyl groups is 1. The average molecular weight is 421 g/mol. The van der Waals surface area contributed by atoms with Gasteiger partial charge in [-0.05, 0) is 56.0 Å². The summed E-state index contributed by atoms with van der Waals surface area (Å²) in [6.45, 7) is 6.12. The molecule has 1 aliphatic heterocycles. The van der Waals surface area contributed by atoms with Crippen LogP contribution in [0, 0.1) is 5.92 Å². The van der Waals surface area contributed by atoms with Gasteiger partial charge < -0.3 is 24.5 Å². The number of hydrogen-bond acceptors (Lipinski definition) is 6. The van der Waals surface area contributed by atoms with Crippen LogP contribution >= 0.6 is 0 Å². The Hall–Kier alpha value is -3.32. The van der Waals surface area contributed by atoms with Crippen molar-refractivity contribution in [2.45, 2.75) is 33.3 Å². The van der Waals surface area contributed by atoms with Crippen LogP contribution in [0.15, 0.2) is 65.2 Å². The molecule has 2 aromatic heterocycles. The highest BCUT2D eigenvalue weighted by molar-refractivity contribution is 5.93. The van der Waals surface area contributed by atoms with E-state index in [0.29, 0.717) is 5.92 Å². The first-order valence-corrected chi connectivity index (χ1v) is 10.4. The fourth-order valence-electron chi connectivity index (χ4n) is 3.95. The Kier molecular flexibility index (Phi) is 5.69. The van der Waals surface area contributed by atoms with E-state index in [1.807, 2.05) is 42.9 Å². The molecule has 2 aliphatic rings. The predicted molar refractivity (Wildman–Crippen MR) is 118 cm³/mol. The van der Waals surface area contributed by atoms with Crippen LogP contribution in [0.2, 0.25) is 0 Å². The van der Waals surface area contributed by atoms with Gasteiger partial charge in [0.05, 0.1) is 6.61 Å². The third-order valence-corrected chi connectivity index (χ3v) is 5.49. The van der Waals surface area contributed by atoms with E-state index < -0.39 is 12.1 Å². The highest BCUT2D eigenvalue weighted by Gasteiger charge is 2.37. The molecule has 31 heavy (non-hydrogen) atoms. The number of allylic oxidation sites excluding steroid dienone is 3. The number of aliphatic hydroxyl groups excluding tert-OH is 1. The van der Waals surface area contributed by atoms with Gasteiger partial charge in [-0.1, -0.05) is 13.0 Å². The maximum atomic E-state index is 12.6. The van der Waals surface area contributed by atoms with Gasteiger partial charge in [0.25, 0.3) is 0 Å².